The molecule has 18 heavy (non-hydrogen) atoms. The second-order valence-corrected chi connectivity index (χ2v) is 4.58. The number of amides is 1. The van der Waals surface area contributed by atoms with Crippen LogP contribution in [0.1, 0.15) is 6.92 Å². The van der Waals surface area contributed by atoms with Gasteiger partial charge in [-0.1, -0.05) is 15.9 Å². The molecule has 0 saturated carbocycles. The first kappa shape index (κ1) is 17.4. The van der Waals surface area contributed by atoms with Crippen LogP contribution in [0.25, 0.3) is 0 Å². The van der Waals surface area contributed by atoms with Crippen molar-refractivity contribution in [3.8, 4) is 0 Å². The average molecular weight is 337 g/mol. The number of carbonyl (C=O) groups excluding carboxylic acids is 1. The number of benzene rings is 1. The van der Waals surface area contributed by atoms with Gasteiger partial charge >= 0.3 is 0 Å². The van der Waals surface area contributed by atoms with Crippen LogP contribution in [-0.4, -0.2) is 32.2 Å². The zero-order chi connectivity index (χ0) is 12.7. The van der Waals surface area contributed by atoms with Crippen LogP contribution < -0.4 is 23.0 Å². The minimum absolute atomic E-state index is 0. The largest absolute Gasteiger partial charge is 1.00 e. The minimum atomic E-state index is -0.242. The highest BCUT2D eigenvalue weighted by Crippen LogP contribution is 2.14. The van der Waals surface area contributed by atoms with Crippen molar-refractivity contribution in [2.24, 2.45) is 0 Å². The van der Waals surface area contributed by atoms with E-state index in [0.29, 0.717) is 13.2 Å². The van der Waals surface area contributed by atoms with Crippen LogP contribution in [0.4, 0.5) is 5.69 Å². The maximum atomic E-state index is 11.8. The number of carbonyl (C=O) groups is 1. The Balaban J connectivity index is 0.00000289. The molecule has 0 radical (unpaired) electrons. The summed E-state index contributed by atoms with van der Waals surface area (Å²) in [6, 6.07) is 7.24. The monoisotopic (exact) mass is 335 g/mol. The van der Waals surface area contributed by atoms with Gasteiger partial charge in [-0.05, 0) is 31.2 Å². The Morgan fingerprint density at radius 2 is 2.00 bits per heavy atom. The van der Waals surface area contributed by atoms with Crippen molar-refractivity contribution in [2.45, 2.75) is 13.0 Å². The summed E-state index contributed by atoms with van der Waals surface area (Å²) >= 11 is 3.34. The van der Waals surface area contributed by atoms with E-state index >= 15 is 0 Å². The fourth-order valence-electron chi connectivity index (χ4n) is 1.25. The lowest BCUT2D eigenvalue weighted by atomic mass is 10.2. The van der Waals surface area contributed by atoms with Gasteiger partial charge in [0.1, 0.15) is 0 Å². The van der Waals surface area contributed by atoms with Gasteiger partial charge in [0.2, 0.25) is 5.91 Å². The van der Waals surface area contributed by atoms with E-state index in [1.165, 1.54) is 0 Å². The number of ether oxygens (including phenoxy) is 1. The van der Waals surface area contributed by atoms with Crippen LogP contribution in [0.2, 0.25) is 0 Å². The molecule has 4 nitrogen and oxygen atoms in total. The number of hydrogen-bond donors (Lipinski definition) is 2. The molecule has 0 bridgehead atoms. The fraction of sp³-hybridized carbons (Fsp3) is 0.417. The van der Waals surface area contributed by atoms with Gasteiger partial charge in [-0.15, -0.1) is 0 Å². The highest BCUT2D eigenvalue weighted by atomic mass is 79.9. The smallest absolute Gasteiger partial charge is 0.241 e. The van der Waals surface area contributed by atoms with E-state index in [0.717, 1.165) is 10.2 Å². The molecule has 0 saturated heterocycles. The molecule has 6 heteroatoms. The predicted molar refractivity (Wildman–Crippen MR) is 72.1 cm³/mol. The number of rotatable bonds is 6. The number of hydrogen-bond acceptors (Lipinski definition) is 3. The zero-order valence-corrected chi connectivity index (χ0v) is 12.7. The van der Waals surface area contributed by atoms with Gasteiger partial charge in [0, 0.05) is 23.8 Å². The molecule has 1 amide bonds. The average Bonchev–Trinajstić information content (AvgIpc) is 2.32. The summed E-state index contributed by atoms with van der Waals surface area (Å²) < 4.78 is 5.89. The summed E-state index contributed by atoms with van der Waals surface area (Å²) in [6.45, 7) is 3.07. The molecule has 2 N–H and O–H groups in total. The lowest BCUT2D eigenvalue weighted by Gasteiger charge is -2.13. The highest BCUT2D eigenvalue weighted by Gasteiger charge is 2.11. The van der Waals surface area contributed by atoms with E-state index in [1.54, 1.807) is 7.11 Å². The van der Waals surface area contributed by atoms with Gasteiger partial charge in [0.15, 0.2) is 0 Å². The normalized spacial score (nSPS) is 11.5. The molecule has 0 heterocycles. The molecule has 1 atom stereocenters. The molecule has 1 unspecified atom stereocenters. The minimum Gasteiger partial charge on any atom is -1.00 e. The SMILES string of the molecule is COCCNC(C)C(=O)Nc1ccc(Br)cc1.[Cl-]. The molecule has 102 valence electrons. The Morgan fingerprint density at radius 1 is 1.39 bits per heavy atom. The van der Waals surface area contributed by atoms with Gasteiger partial charge in [-0.2, -0.15) is 0 Å². The lowest BCUT2D eigenvalue weighted by molar-refractivity contribution is -0.117. The lowest BCUT2D eigenvalue weighted by Crippen LogP contribution is -3.00. The fourth-order valence-corrected chi connectivity index (χ4v) is 1.52. The van der Waals surface area contributed by atoms with Crippen LogP contribution in [-0.2, 0) is 9.53 Å². The third kappa shape index (κ3) is 6.35. The topological polar surface area (TPSA) is 50.4 Å². The van der Waals surface area contributed by atoms with Crippen molar-refractivity contribution in [1.82, 2.24) is 5.32 Å². The summed E-state index contributed by atoms with van der Waals surface area (Å²) in [6.07, 6.45) is 0. The second kappa shape index (κ2) is 9.33. The van der Waals surface area contributed by atoms with Crippen molar-refractivity contribution < 1.29 is 21.9 Å². The summed E-state index contributed by atoms with van der Waals surface area (Å²) in [5, 5.41) is 5.90. The molecule has 0 aromatic heterocycles. The van der Waals surface area contributed by atoms with Crippen molar-refractivity contribution in [3.63, 3.8) is 0 Å². The zero-order valence-electron chi connectivity index (χ0n) is 10.4. The van der Waals surface area contributed by atoms with E-state index < -0.39 is 0 Å². The quantitative estimate of drug-likeness (QED) is 0.656. The van der Waals surface area contributed by atoms with Crippen LogP contribution in [0.3, 0.4) is 0 Å². The van der Waals surface area contributed by atoms with Crippen LogP contribution in [0.5, 0.6) is 0 Å². The molecule has 1 aromatic rings. The van der Waals surface area contributed by atoms with E-state index in [1.807, 2.05) is 31.2 Å². The molecule has 0 aliphatic carbocycles. The summed E-state index contributed by atoms with van der Waals surface area (Å²) in [5.74, 6) is -0.0524. The third-order valence-electron chi connectivity index (χ3n) is 2.26. The molecular weight excluding hydrogens is 320 g/mol. The Kier molecular flexibility index (Phi) is 9.01. The van der Waals surface area contributed by atoms with Crippen molar-refractivity contribution in [2.75, 3.05) is 25.6 Å². The predicted octanol–water partition coefficient (Wildman–Crippen LogP) is -0.984. The molecular formula is C12H17BrClN2O2-. The van der Waals surface area contributed by atoms with Gasteiger partial charge in [0.25, 0.3) is 0 Å². The molecule has 0 spiro atoms. The summed E-state index contributed by atoms with van der Waals surface area (Å²) in [5.41, 5.74) is 0.790. The molecule has 0 aliphatic heterocycles. The molecule has 1 aromatic carbocycles. The first-order valence-corrected chi connectivity index (χ1v) is 6.21. The third-order valence-corrected chi connectivity index (χ3v) is 2.79. The second-order valence-electron chi connectivity index (χ2n) is 3.66. The van der Waals surface area contributed by atoms with E-state index in [2.05, 4.69) is 26.6 Å². The Morgan fingerprint density at radius 3 is 2.56 bits per heavy atom. The number of anilines is 1. The molecule has 0 fully saturated rings. The van der Waals surface area contributed by atoms with E-state index in [4.69, 9.17) is 4.74 Å². The van der Waals surface area contributed by atoms with E-state index in [-0.39, 0.29) is 24.4 Å². The van der Waals surface area contributed by atoms with Crippen molar-refractivity contribution in [3.05, 3.63) is 28.7 Å². The van der Waals surface area contributed by atoms with Crippen LogP contribution in [0, 0.1) is 0 Å². The molecule has 1 rings (SSSR count). The van der Waals surface area contributed by atoms with Crippen molar-refractivity contribution >= 4 is 27.5 Å². The number of nitrogens with one attached hydrogen (secondary N) is 2. The summed E-state index contributed by atoms with van der Waals surface area (Å²) in [4.78, 5) is 11.8. The van der Waals surface area contributed by atoms with Crippen LogP contribution >= 0.6 is 15.9 Å². The first-order valence-electron chi connectivity index (χ1n) is 5.42. The maximum absolute atomic E-state index is 11.8. The Bertz CT molecular complexity index is 360. The van der Waals surface area contributed by atoms with Gasteiger partial charge in [-0.25, -0.2) is 0 Å². The number of halogens is 2. The van der Waals surface area contributed by atoms with Gasteiger partial charge in [-0.3, -0.25) is 4.79 Å². The van der Waals surface area contributed by atoms with Crippen molar-refractivity contribution in [1.29, 1.82) is 0 Å². The summed E-state index contributed by atoms with van der Waals surface area (Å²) in [7, 11) is 1.63. The first-order chi connectivity index (χ1) is 8.13. The molecule has 0 aliphatic rings. The maximum Gasteiger partial charge on any atom is 0.241 e. The Hall–Kier alpha value is -0.620. The van der Waals surface area contributed by atoms with Gasteiger partial charge in [0.05, 0.1) is 12.6 Å². The van der Waals surface area contributed by atoms with Crippen LogP contribution in [0.15, 0.2) is 28.7 Å². The standard InChI is InChI=1S/C12H17BrN2O2.ClH/c1-9(14-7-8-17-2)12(16)15-11-5-3-10(13)4-6-11;/h3-6,9,14H,7-8H2,1-2H3,(H,15,16);1H/p-1. The Labute approximate surface area is 122 Å². The van der Waals surface area contributed by atoms with E-state index in [9.17, 15) is 4.79 Å². The number of methoxy groups -OCH3 is 1. The van der Waals surface area contributed by atoms with Gasteiger partial charge < -0.3 is 27.8 Å². The highest BCUT2D eigenvalue weighted by molar-refractivity contribution is 9.10.